The lowest BCUT2D eigenvalue weighted by Crippen LogP contribution is -2.40. The van der Waals surface area contributed by atoms with Crippen LogP contribution in [0, 0.1) is 0 Å². The first-order chi connectivity index (χ1) is 13.1. The predicted octanol–water partition coefficient (Wildman–Crippen LogP) is 3.49. The number of nitrogens with zero attached hydrogens (tertiary/aromatic N) is 1. The average Bonchev–Trinajstić information content (AvgIpc) is 2.60. The van der Waals surface area contributed by atoms with E-state index >= 15 is 0 Å². The number of hydrogen-bond acceptors (Lipinski definition) is 3. The van der Waals surface area contributed by atoms with E-state index in [9.17, 15) is 23.8 Å². The lowest BCUT2D eigenvalue weighted by atomic mass is 10.0. The zero-order chi connectivity index (χ0) is 21.0. The zero-order valence-electron chi connectivity index (χ0n) is 16.8. The zero-order valence-corrected chi connectivity index (χ0v) is 18.6. The largest absolute Gasteiger partial charge is 0.778 e. The molecule has 7 nitrogen and oxygen atoms in total. The summed E-state index contributed by atoms with van der Waals surface area (Å²) in [6.45, 7) is 1.74. The Labute approximate surface area is 168 Å². The molecule has 0 aliphatic heterocycles. The topological polar surface area (TPSA) is 122 Å². The van der Waals surface area contributed by atoms with Crippen molar-refractivity contribution in [1.29, 1.82) is 0 Å². The van der Waals surface area contributed by atoms with E-state index in [0.717, 1.165) is 24.8 Å². The van der Waals surface area contributed by atoms with Gasteiger partial charge in [0.15, 0.2) is 31.9 Å². The van der Waals surface area contributed by atoms with Crippen LogP contribution < -0.4 is 9.46 Å². The third kappa shape index (κ3) is 10.8. The minimum Gasteiger partial charge on any atom is -0.778 e. The number of aromatic nitrogens is 1. The van der Waals surface area contributed by atoms with Crippen molar-refractivity contribution >= 4 is 15.2 Å². The fourth-order valence-electron chi connectivity index (χ4n) is 3.24. The average molecular weight is 435 g/mol. The number of pyridine rings is 1. The Bertz CT molecular complexity index is 636. The molecule has 0 aliphatic rings. The molecule has 0 spiro atoms. The summed E-state index contributed by atoms with van der Waals surface area (Å²) in [6, 6.07) is 3.63. The van der Waals surface area contributed by atoms with Gasteiger partial charge in [0.1, 0.15) is 0 Å². The van der Waals surface area contributed by atoms with Crippen molar-refractivity contribution < 1.29 is 33.3 Å². The van der Waals surface area contributed by atoms with Crippen LogP contribution in [0.15, 0.2) is 24.5 Å². The van der Waals surface area contributed by atoms with E-state index in [1.54, 1.807) is 18.5 Å². The maximum atomic E-state index is 11.4. The normalized spacial score (nSPS) is 15.3. The quantitative estimate of drug-likeness (QED) is 0.220. The molecule has 0 radical (unpaired) electrons. The Morgan fingerprint density at radius 3 is 2.00 bits per heavy atom. The molecule has 0 saturated heterocycles. The van der Waals surface area contributed by atoms with Gasteiger partial charge in [0.25, 0.3) is 0 Å². The van der Waals surface area contributed by atoms with E-state index in [0.29, 0.717) is 0 Å². The highest BCUT2D eigenvalue weighted by Crippen LogP contribution is 2.57. The fourth-order valence-corrected chi connectivity index (χ4v) is 5.56. The van der Waals surface area contributed by atoms with Crippen LogP contribution in [0.2, 0.25) is 0 Å². The lowest BCUT2D eigenvalue weighted by Gasteiger charge is -2.25. The second-order valence-electron chi connectivity index (χ2n) is 7.47. The van der Waals surface area contributed by atoms with Crippen molar-refractivity contribution in [3.63, 3.8) is 0 Å². The Morgan fingerprint density at radius 2 is 1.50 bits per heavy atom. The van der Waals surface area contributed by atoms with Crippen molar-refractivity contribution in [2.24, 2.45) is 0 Å². The third-order valence-corrected chi connectivity index (χ3v) is 8.51. The number of aryl methyl sites for hydroxylation is 1. The Hall–Kier alpha value is -0.550. The van der Waals surface area contributed by atoms with Crippen LogP contribution in [-0.2, 0) is 22.1 Å². The van der Waals surface area contributed by atoms with Crippen LogP contribution in [0.25, 0.3) is 0 Å². The highest BCUT2D eigenvalue weighted by Gasteiger charge is 2.40. The third-order valence-electron chi connectivity index (χ3n) is 4.88. The van der Waals surface area contributed by atoms with E-state index in [2.05, 4.69) is 6.92 Å². The van der Waals surface area contributed by atoms with Gasteiger partial charge in [-0.1, -0.05) is 64.7 Å². The second-order valence-corrected chi connectivity index (χ2v) is 11.4. The minimum absolute atomic E-state index is 0.479. The monoisotopic (exact) mass is 435 g/mol. The molecule has 2 atom stereocenters. The summed E-state index contributed by atoms with van der Waals surface area (Å²) in [5, 5.41) is -2.13. The summed E-state index contributed by atoms with van der Waals surface area (Å²) in [5.41, 5.74) is 0.977. The molecule has 0 fully saturated rings. The van der Waals surface area contributed by atoms with E-state index in [1.165, 1.54) is 55.9 Å². The summed E-state index contributed by atoms with van der Waals surface area (Å²) in [6.07, 6.45) is 16.5. The minimum atomic E-state index is -5.16. The van der Waals surface area contributed by atoms with E-state index in [4.69, 9.17) is 4.89 Å². The van der Waals surface area contributed by atoms with Crippen LogP contribution in [0.4, 0.5) is 0 Å². The van der Waals surface area contributed by atoms with Crippen molar-refractivity contribution in [2.75, 3.05) is 0 Å². The lowest BCUT2D eigenvalue weighted by molar-refractivity contribution is -0.695. The molecule has 162 valence electrons. The summed E-state index contributed by atoms with van der Waals surface area (Å²) < 4.78 is 24.1. The second kappa shape index (κ2) is 12.9. The molecule has 0 aliphatic carbocycles. The van der Waals surface area contributed by atoms with Crippen molar-refractivity contribution in [1.82, 2.24) is 0 Å². The van der Waals surface area contributed by atoms with Crippen LogP contribution in [0.5, 0.6) is 0 Å². The van der Waals surface area contributed by atoms with Gasteiger partial charge >= 0.3 is 7.60 Å². The molecule has 0 aromatic carbocycles. The molecule has 3 N–H and O–H groups in total. The summed E-state index contributed by atoms with van der Waals surface area (Å²) in [7, 11) is -10.1. The van der Waals surface area contributed by atoms with Gasteiger partial charge in [-0.25, -0.2) is 4.57 Å². The van der Waals surface area contributed by atoms with Crippen LogP contribution in [0.3, 0.4) is 0 Å². The van der Waals surface area contributed by atoms with Gasteiger partial charge in [0.2, 0.25) is 0 Å². The van der Waals surface area contributed by atoms with Gasteiger partial charge in [-0.15, -0.1) is 0 Å². The molecule has 0 amide bonds. The van der Waals surface area contributed by atoms with Crippen LogP contribution in [0.1, 0.15) is 76.7 Å². The van der Waals surface area contributed by atoms with Crippen molar-refractivity contribution in [3.8, 4) is 0 Å². The van der Waals surface area contributed by atoms with Gasteiger partial charge in [-0.05, 0) is 18.9 Å². The molecule has 1 heterocycles. The van der Waals surface area contributed by atoms with E-state index in [1.807, 2.05) is 6.07 Å². The SMILES string of the molecule is CCCCCCCCCCCCc1ccc[n+](CC(P(=O)([O-])O)P(=O)(O)O)c1. The highest BCUT2D eigenvalue weighted by molar-refractivity contribution is 7.70. The van der Waals surface area contributed by atoms with Gasteiger partial charge in [0, 0.05) is 11.6 Å². The Balaban J connectivity index is 2.37. The Kier molecular flexibility index (Phi) is 11.7. The molecular weight excluding hydrogens is 400 g/mol. The standard InChI is InChI=1S/C19H35NO6P2/c1-2-3-4-5-6-7-8-9-10-11-13-18-14-12-15-20(16-18)17-19(27(21,22)23)28(24,25)26/h12,14-16,19H,2-11,13,17H2,1H3,(H3-,21,22,23,24,25,26). The first-order valence-corrected chi connectivity index (χ1v) is 13.5. The van der Waals surface area contributed by atoms with Crippen molar-refractivity contribution in [3.05, 3.63) is 30.1 Å². The first kappa shape index (κ1) is 25.5. The summed E-state index contributed by atoms with van der Waals surface area (Å²) >= 11 is 0. The smallest absolute Gasteiger partial charge is 0.343 e. The van der Waals surface area contributed by atoms with Gasteiger partial charge in [-0.3, -0.25) is 4.57 Å². The number of rotatable bonds is 15. The van der Waals surface area contributed by atoms with Crippen LogP contribution >= 0.6 is 15.2 Å². The molecule has 9 heteroatoms. The van der Waals surface area contributed by atoms with Crippen molar-refractivity contribution in [2.45, 2.75) is 89.5 Å². The molecule has 0 bridgehead atoms. The fraction of sp³-hybridized carbons (Fsp3) is 0.737. The molecule has 1 aromatic rings. The molecule has 1 aromatic heterocycles. The molecule has 2 unspecified atom stereocenters. The summed E-state index contributed by atoms with van der Waals surface area (Å²) in [4.78, 5) is 38.9. The number of unbranched alkanes of at least 4 members (excludes halogenated alkanes) is 9. The van der Waals surface area contributed by atoms with E-state index < -0.39 is 27.1 Å². The predicted molar refractivity (Wildman–Crippen MR) is 108 cm³/mol. The van der Waals surface area contributed by atoms with Gasteiger partial charge in [-0.2, -0.15) is 0 Å². The van der Waals surface area contributed by atoms with Gasteiger partial charge < -0.3 is 24.1 Å². The summed E-state index contributed by atoms with van der Waals surface area (Å²) in [5.74, 6) is 0. The van der Waals surface area contributed by atoms with Crippen LogP contribution in [-0.4, -0.2) is 20.1 Å². The highest BCUT2D eigenvalue weighted by atomic mass is 31.2. The Morgan fingerprint density at radius 1 is 0.964 bits per heavy atom. The molecular formula is C19H35NO6P2. The van der Waals surface area contributed by atoms with E-state index in [-0.39, 0.29) is 0 Å². The molecule has 28 heavy (non-hydrogen) atoms. The number of hydrogen-bond donors (Lipinski definition) is 3. The molecule has 0 saturated carbocycles. The first-order valence-electron chi connectivity index (χ1n) is 10.2. The maximum absolute atomic E-state index is 11.4. The maximum Gasteiger partial charge on any atom is 0.343 e. The van der Waals surface area contributed by atoms with Gasteiger partial charge in [0.05, 0.1) is 0 Å². The molecule has 1 rings (SSSR count).